The number of carbonyl (C=O) groups is 3. The van der Waals surface area contributed by atoms with E-state index in [1.165, 1.54) is 12.0 Å². The molecule has 152 valence electrons. The maximum Gasteiger partial charge on any atom is 0.261 e. The van der Waals surface area contributed by atoms with Gasteiger partial charge < -0.3 is 10.1 Å². The highest BCUT2D eigenvalue weighted by atomic mass is 16.5. The van der Waals surface area contributed by atoms with Crippen LogP contribution in [0.5, 0.6) is 5.75 Å². The van der Waals surface area contributed by atoms with E-state index in [4.69, 9.17) is 4.74 Å². The van der Waals surface area contributed by atoms with Crippen molar-refractivity contribution in [3.63, 3.8) is 0 Å². The number of carbonyl (C=O) groups excluding carboxylic acids is 3. The summed E-state index contributed by atoms with van der Waals surface area (Å²) in [5.74, 6) is -0.392. The molecule has 0 unspecified atom stereocenters. The molecule has 0 fully saturated rings. The second-order valence-electron chi connectivity index (χ2n) is 7.09. The summed E-state index contributed by atoms with van der Waals surface area (Å²) in [6.07, 6.45) is 4.29. The molecular weight excluding hydrogens is 368 g/mol. The van der Waals surface area contributed by atoms with Gasteiger partial charge in [0.05, 0.1) is 30.3 Å². The first-order valence-corrected chi connectivity index (χ1v) is 9.97. The highest BCUT2D eigenvalue weighted by Crippen LogP contribution is 2.26. The summed E-state index contributed by atoms with van der Waals surface area (Å²) in [6, 6.07) is 11.9. The molecule has 1 aliphatic rings. The number of hydrogen-bond acceptors (Lipinski definition) is 4. The molecule has 2 aromatic rings. The molecule has 1 heterocycles. The highest BCUT2D eigenvalue weighted by Gasteiger charge is 2.35. The maximum absolute atomic E-state index is 12.6. The summed E-state index contributed by atoms with van der Waals surface area (Å²) in [5, 5.41) is 2.92. The van der Waals surface area contributed by atoms with E-state index in [0.717, 1.165) is 25.7 Å². The van der Waals surface area contributed by atoms with Gasteiger partial charge in [0.25, 0.3) is 17.7 Å². The van der Waals surface area contributed by atoms with Crippen molar-refractivity contribution in [3.05, 3.63) is 64.7 Å². The van der Waals surface area contributed by atoms with Crippen LogP contribution in [0.2, 0.25) is 0 Å². The van der Waals surface area contributed by atoms with Gasteiger partial charge >= 0.3 is 0 Å². The van der Waals surface area contributed by atoms with Crippen LogP contribution in [0.1, 0.15) is 69.2 Å². The number of unbranched alkanes of at least 4 members (excludes halogenated alkanes) is 3. The third-order valence-corrected chi connectivity index (χ3v) is 5.04. The molecule has 0 saturated heterocycles. The summed E-state index contributed by atoms with van der Waals surface area (Å²) >= 11 is 0. The molecule has 3 amide bonds. The Morgan fingerprint density at radius 3 is 2.31 bits per heavy atom. The number of fused-ring (bicyclic) bond motifs is 1. The van der Waals surface area contributed by atoms with Crippen LogP contribution in [-0.4, -0.2) is 36.3 Å². The zero-order chi connectivity index (χ0) is 20.8. The molecule has 6 nitrogen and oxygen atoms in total. The van der Waals surface area contributed by atoms with Crippen LogP contribution in [0.25, 0.3) is 0 Å². The van der Waals surface area contributed by atoms with E-state index in [0.29, 0.717) is 34.5 Å². The summed E-state index contributed by atoms with van der Waals surface area (Å²) in [5.41, 5.74) is 1.92. The van der Waals surface area contributed by atoms with Crippen molar-refractivity contribution < 1.29 is 19.1 Å². The summed E-state index contributed by atoms with van der Waals surface area (Å²) in [6.45, 7) is 2.85. The number of nitrogens with zero attached hydrogens (tertiary/aromatic N) is 1. The zero-order valence-electron chi connectivity index (χ0n) is 16.9. The number of ether oxygens (including phenoxy) is 1. The van der Waals surface area contributed by atoms with Crippen molar-refractivity contribution in [3.8, 4) is 5.75 Å². The molecule has 0 radical (unpaired) electrons. The van der Waals surface area contributed by atoms with Gasteiger partial charge in [0.2, 0.25) is 0 Å². The van der Waals surface area contributed by atoms with Crippen molar-refractivity contribution in [1.82, 2.24) is 10.2 Å². The fraction of sp³-hybridized carbons (Fsp3) is 0.348. The molecule has 0 aliphatic carbocycles. The predicted octanol–water partition coefficient (Wildman–Crippen LogP) is 3.80. The first-order valence-electron chi connectivity index (χ1n) is 9.97. The third-order valence-electron chi connectivity index (χ3n) is 5.04. The third kappa shape index (κ3) is 4.47. The number of rotatable bonds is 9. The molecule has 6 heteroatoms. The van der Waals surface area contributed by atoms with Crippen LogP contribution in [0, 0.1) is 0 Å². The minimum absolute atomic E-state index is 0.104. The van der Waals surface area contributed by atoms with Gasteiger partial charge in [-0.3, -0.25) is 19.3 Å². The maximum atomic E-state index is 12.6. The zero-order valence-corrected chi connectivity index (χ0v) is 16.9. The van der Waals surface area contributed by atoms with Crippen LogP contribution in [0.15, 0.2) is 42.5 Å². The van der Waals surface area contributed by atoms with Gasteiger partial charge in [-0.05, 0) is 36.2 Å². The topological polar surface area (TPSA) is 75.7 Å². The van der Waals surface area contributed by atoms with E-state index in [1.807, 2.05) is 0 Å². The Bertz CT molecular complexity index is 888. The van der Waals surface area contributed by atoms with E-state index >= 15 is 0 Å². The number of imide groups is 1. The molecule has 0 atom stereocenters. The van der Waals surface area contributed by atoms with Crippen LogP contribution < -0.4 is 10.1 Å². The van der Waals surface area contributed by atoms with E-state index < -0.39 is 0 Å². The summed E-state index contributed by atoms with van der Waals surface area (Å²) in [7, 11) is 1.51. The van der Waals surface area contributed by atoms with Crippen molar-refractivity contribution in [2.24, 2.45) is 0 Å². The molecule has 0 bridgehead atoms. The minimum Gasteiger partial charge on any atom is -0.496 e. The van der Waals surface area contributed by atoms with Crippen LogP contribution in [-0.2, 0) is 6.54 Å². The Labute approximate surface area is 170 Å². The van der Waals surface area contributed by atoms with Crippen LogP contribution >= 0.6 is 0 Å². The molecule has 1 N–H and O–H groups in total. The van der Waals surface area contributed by atoms with E-state index in [1.54, 1.807) is 42.5 Å². The van der Waals surface area contributed by atoms with Crippen molar-refractivity contribution in [1.29, 1.82) is 0 Å². The molecular formula is C23H26N2O4. The average Bonchev–Trinajstić information content (AvgIpc) is 2.98. The molecule has 0 saturated carbocycles. The smallest absolute Gasteiger partial charge is 0.261 e. The normalized spacial score (nSPS) is 12.8. The Hall–Kier alpha value is -3.15. The Kier molecular flexibility index (Phi) is 6.65. The Morgan fingerprint density at radius 1 is 1.00 bits per heavy atom. The molecule has 0 aromatic heterocycles. The van der Waals surface area contributed by atoms with Crippen molar-refractivity contribution in [2.45, 2.75) is 39.2 Å². The monoisotopic (exact) mass is 394 g/mol. The van der Waals surface area contributed by atoms with Gasteiger partial charge in [0.1, 0.15) is 5.75 Å². The fourth-order valence-electron chi connectivity index (χ4n) is 3.45. The van der Waals surface area contributed by atoms with E-state index in [9.17, 15) is 14.4 Å². The van der Waals surface area contributed by atoms with E-state index in [-0.39, 0.29) is 24.3 Å². The quantitative estimate of drug-likeness (QED) is 0.518. The van der Waals surface area contributed by atoms with Gasteiger partial charge in [-0.15, -0.1) is 0 Å². The molecule has 1 aliphatic heterocycles. The number of hydrogen-bond donors (Lipinski definition) is 1. The number of amides is 3. The predicted molar refractivity (Wildman–Crippen MR) is 110 cm³/mol. The van der Waals surface area contributed by atoms with Crippen molar-refractivity contribution >= 4 is 17.7 Å². The Morgan fingerprint density at radius 2 is 1.69 bits per heavy atom. The number of benzene rings is 2. The van der Waals surface area contributed by atoms with Gasteiger partial charge in [-0.25, -0.2) is 0 Å². The lowest BCUT2D eigenvalue weighted by atomic mass is 10.1. The van der Waals surface area contributed by atoms with Crippen LogP contribution in [0.4, 0.5) is 0 Å². The van der Waals surface area contributed by atoms with Crippen molar-refractivity contribution in [2.75, 3.05) is 13.7 Å². The molecule has 29 heavy (non-hydrogen) atoms. The second kappa shape index (κ2) is 9.37. The summed E-state index contributed by atoms with van der Waals surface area (Å²) in [4.78, 5) is 39.0. The van der Waals surface area contributed by atoms with Crippen LogP contribution in [0.3, 0.4) is 0 Å². The lowest BCUT2D eigenvalue weighted by molar-refractivity contribution is 0.0642. The van der Waals surface area contributed by atoms with Gasteiger partial charge in [-0.1, -0.05) is 44.4 Å². The first-order chi connectivity index (χ1) is 14.1. The molecule has 2 aromatic carbocycles. The summed E-state index contributed by atoms with van der Waals surface area (Å²) < 4.78 is 5.32. The number of nitrogens with one attached hydrogen (secondary N) is 1. The van der Waals surface area contributed by atoms with Gasteiger partial charge in [-0.2, -0.15) is 0 Å². The Balaban J connectivity index is 1.73. The van der Waals surface area contributed by atoms with E-state index in [2.05, 4.69) is 12.2 Å². The molecule has 0 spiro atoms. The first kappa shape index (κ1) is 20.6. The lowest BCUT2D eigenvalue weighted by Crippen LogP contribution is -2.29. The average molecular weight is 394 g/mol. The lowest BCUT2D eigenvalue weighted by Gasteiger charge is -2.16. The minimum atomic E-state index is -0.316. The highest BCUT2D eigenvalue weighted by molar-refractivity contribution is 6.21. The molecule has 3 rings (SSSR count). The van der Waals surface area contributed by atoms with Gasteiger partial charge in [0.15, 0.2) is 0 Å². The largest absolute Gasteiger partial charge is 0.496 e. The standard InChI is InChI=1S/C23H26N2O4/c1-3-4-5-8-13-24-21(26)19-14-16(11-12-20(19)29-2)15-25-22(27)17-9-6-7-10-18(17)23(25)28/h6-7,9-12,14H,3-5,8,13,15H2,1-2H3,(H,24,26). The van der Waals surface area contributed by atoms with Gasteiger partial charge in [0, 0.05) is 6.54 Å². The fourth-order valence-corrected chi connectivity index (χ4v) is 3.45. The number of methoxy groups -OCH3 is 1. The SMILES string of the molecule is CCCCCCNC(=O)c1cc(CN2C(=O)c3ccccc3C2=O)ccc1OC. The second-order valence-corrected chi connectivity index (χ2v) is 7.09.